The number of para-hydroxylation sites is 1. The van der Waals surface area contributed by atoms with Crippen molar-refractivity contribution in [2.45, 2.75) is 38.3 Å². The van der Waals surface area contributed by atoms with E-state index in [1.54, 1.807) is 34.7 Å². The number of benzene rings is 2. The number of ether oxygens (including phenoxy) is 1. The topological polar surface area (TPSA) is 64.4 Å². The zero-order valence-corrected chi connectivity index (χ0v) is 17.1. The van der Waals surface area contributed by atoms with Crippen molar-refractivity contribution >= 4 is 16.8 Å². The quantitative estimate of drug-likeness (QED) is 0.599. The first-order valence-electron chi connectivity index (χ1n) is 10.0. The Balaban J connectivity index is 1.48. The molecule has 4 rings (SSSR count). The lowest BCUT2D eigenvalue weighted by molar-refractivity contribution is -0.130. The maximum atomic E-state index is 13.9. The molecule has 0 aliphatic heterocycles. The second-order valence-electron chi connectivity index (χ2n) is 7.67. The van der Waals surface area contributed by atoms with Crippen LogP contribution in [-0.2, 0) is 17.8 Å². The minimum atomic E-state index is -0.454. The van der Waals surface area contributed by atoms with Crippen molar-refractivity contribution in [2.75, 3.05) is 14.2 Å². The number of methoxy groups -OCH3 is 1. The molecule has 3 aromatic rings. The molecule has 0 N–H and O–H groups in total. The number of rotatable bonds is 7. The molecule has 30 heavy (non-hydrogen) atoms. The summed E-state index contributed by atoms with van der Waals surface area (Å²) in [5, 5.41) is 0.609. The van der Waals surface area contributed by atoms with Crippen LogP contribution < -0.4 is 10.3 Å². The van der Waals surface area contributed by atoms with Gasteiger partial charge in [-0.2, -0.15) is 0 Å². The summed E-state index contributed by atoms with van der Waals surface area (Å²) in [6.07, 6.45) is 2.54. The lowest BCUT2D eigenvalue weighted by atomic mass is 10.1. The fourth-order valence-electron chi connectivity index (χ4n) is 3.66. The number of carbonyl (C=O) groups excluding carboxylic acids is 1. The van der Waals surface area contributed by atoms with Gasteiger partial charge in [0, 0.05) is 32.5 Å². The number of hydrogen-bond donors (Lipinski definition) is 0. The molecule has 1 aliphatic carbocycles. The van der Waals surface area contributed by atoms with Gasteiger partial charge >= 0.3 is 0 Å². The number of amides is 1. The minimum absolute atomic E-state index is 0.0346. The summed E-state index contributed by atoms with van der Waals surface area (Å²) in [4.78, 5) is 31.8. The molecule has 6 nitrogen and oxygen atoms in total. The number of carbonyl (C=O) groups is 1. The van der Waals surface area contributed by atoms with E-state index in [0.717, 1.165) is 12.8 Å². The van der Waals surface area contributed by atoms with Crippen LogP contribution in [0.2, 0.25) is 0 Å². The van der Waals surface area contributed by atoms with E-state index < -0.39 is 5.82 Å². The van der Waals surface area contributed by atoms with Crippen LogP contribution in [0.4, 0.5) is 4.39 Å². The highest BCUT2D eigenvalue weighted by Gasteiger charge is 2.28. The van der Waals surface area contributed by atoms with E-state index in [1.807, 2.05) is 18.2 Å². The van der Waals surface area contributed by atoms with Crippen molar-refractivity contribution in [2.24, 2.45) is 0 Å². The monoisotopic (exact) mass is 409 g/mol. The van der Waals surface area contributed by atoms with Crippen LogP contribution in [0.5, 0.6) is 5.75 Å². The molecule has 0 atom stereocenters. The molecule has 0 bridgehead atoms. The number of halogens is 1. The van der Waals surface area contributed by atoms with Gasteiger partial charge in [-0.3, -0.25) is 14.2 Å². The summed E-state index contributed by atoms with van der Waals surface area (Å²) in [5.74, 6) is 0.284. The minimum Gasteiger partial charge on any atom is -0.494 e. The average molecular weight is 409 g/mol. The summed E-state index contributed by atoms with van der Waals surface area (Å²) >= 11 is 0. The van der Waals surface area contributed by atoms with Crippen LogP contribution in [0.15, 0.2) is 47.3 Å². The van der Waals surface area contributed by atoms with E-state index in [0.29, 0.717) is 35.3 Å². The van der Waals surface area contributed by atoms with E-state index in [-0.39, 0.29) is 29.7 Å². The Kier molecular flexibility index (Phi) is 5.53. The zero-order chi connectivity index (χ0) is 21.3. The van der Waals surface area contributed by atoms with Gasteiger partial charge in [0.1, 0.15) is 5.82 Å². The third-order valence-electron chi connectivity index (χ3n) is 5.42. The molecule has 0 saturated heterocycles. The van der Waals surface area contributed by atoms with Crippen LogP contribution in [0, 0.1) is 5.82 Å². The molecule has 1 fully saturated rings. The maximum absolute atomic E-state index is 13.9. The first kappa shape index (κ1) is 20.1. The van der Waals surface area contributed by atoms with Gasteiger partial charge in [0.25, 0.3) is 5.56 Å². The Labute approximate surface area is 173 Å². The Morgan fingerprint density at radius 2 is 2.03 bits per heavy atom. The number of hydrogen-bond acceptors (Lipinski definition) is 4. The molecule has 2 aromatic carbocycles. The van der Waals surface area contributed by atoms with E-state index in [4.69, 9.17) is 4.74 Å². The fraction of sp³-hybridized carbons (Fsp3) is 0.348. The Morgan fingerprint density at radius 1 is 1.27 bits per heavy atom. The van der Waals surface area contributed by atoms with Crippen molar-refractivity contribution in [3.05, 3.63) is 70.0 Å². The maximum Gasteiger partial charge on any atom is 0.261 e. The number of aromatic nitrogens is 2. The highest BCUT2D eigenvalue weighted by atomic mass is 19.1. The second-order valence-corrected chi connectivity index (χ2v) is 7.67. The number of nitrogens with zero attached hydrogens (tertiary/aromatic N) is 3. The van der Waals surface area contributed by atoms with Gasteiger partial charge in [0.15, 0.2) is 11.6 Å². The summed E-state index contributed by atoms with van der Waals surface area (Å²) in [6, 6.07) is 12.1. The Morgan fingerprint density at radius 3 is 2.73 bits per heavy atom. The van der Waals surface area contributed by atoms with Crippen molar-refractivity contribution < 1.29 is 13.9 Å². The predicted molar refractivity (Wildman–Crippen MR) is 112 cm³/mol. The smallest absolute Gasteiger partial charge is 0.261 e. The predicted octanol–water partition coefficient (Wildman–Crippen LogP) is 3.47. The first-order chi connectivity index (χ1) is 14.5. The summed E-state index contributed by atoms with van der Waals surface area (Å²) in [7, 11) is 3.10. The normalized spacial score (nSPS) is 13.4. The average Bonchev–Trinajstić information content (AvgIpc) is 3.57. The van der Waals surface area contributed by atoms with Gasteiger partial charge in [-0.15, -0.1) is 0 Å². The molecule has 7 heteroatoms. The first-order valence-corrected chi connectivity index (χ1v) is 10.0. The molecule has 1 saturated carbocycles. The summed E-state index contributed by atoms with van der Waals surface area (Å²) < 4.78 is 20.6. The second kappa shape index (κ2) is 8.26. The molecule has 1 aliphatic rings. The summed E-state index contributed by atoms with van der Waals surface area (Å²) in [5.41, 5.74) is 1.30. The van der Waals surface area contributed by atoms with Crippen molar-refractivity contribution in [3.8, 4) is 5.75 Å². The van der Waals surface area contributed by atoms with E-state index in [9.17, 15) is 14.0 Å². The Hall–Kier alpha value is -3.22. The molecule has 1 amide bonds. The molecule has 156 valence electrons. The van der Waals surface area contributed by atoms with Gasteiger partial charge in [-0.05, 0) is 42.7 Å². The molecule has 1 heterocycles. The van der Waals surface area contributed by atoms with E-state index in [2.05, 4.69) is 4.98 Å². The SMILES string of the molecule is COc1ccc(CN(C)C(=O)CCc2nc3ccccc3c(=O)n2C2CC2)cc1F. The standard InChI is InChI=1S/C23H24FN3O3/c1-26(14-15-7-10-20(30-2)18(24)13-15)22(28)12-11-21-25-19-6-4-3-5-17(19)23(29)27(21)16-8-9-16/h3-7,10,13,16H,8-9,11-12,14H2,1-2H3. The van der Waals surface area contributed by atoms with E-state index in [1.165, 1.54) is 13.2 Å². The number of aryl methyl sites for hydroxylation is 1. The lowest BCUT2D eigenvalue weighted by Gasteiger charge is -2.18. The van der Waals surface area contributed by atoms with Gasteiger partial charge < -0.3 is 9.64 Å². The highest BCUT2D eigenvalue weighted by molar-refractivity contribution is 5.78. The molecule has 0 radical (unpaired) electrons. The van der Waals surface area contributed by atoms with Crippen LogP contribution in [-0.4, -0.2) is 34.5 Å². The number of fused-ring (bicyclic) bond motifs is 1. The third-order valence-corrected chi connectivity index (χ3v) is 5.42. The van der Waals surface area contributed by atoms with Gasteiger partial charge in [0.05, 0.1) is 18.0 Å². The van der Waals surface area contributed by atoms with Crippen LogP contribution in [0.3, 0.4) is 0 Å². The van der Waals surface area contributed by atoms with Crippen LogP contribution >= 0.6 is 0 Å². The van der Waals surface area contributed by atoms with Gasteiger partial charge in [0.2, 0.25) is 5.91 Å². The van der Waals surface area contributed by atoms with E-state index >= 15 is 0 Å². The fourth-order valence-corrected chi connectivity index (χ4v) is 3.66. The Bertz CT molecular complexity index is 1150. The highest BCUT2D eigenvalue weighted by Crippen LogP contribution is 2.35. The van der Waals surface area contributed by atoms with Crippen LogP contribution in [0.1, 0.15) is 36.7 Å². The molecule has 1 aromatic heterocycles. The van der Waals surface area contributed by atoms with Gasteiger partial charge in [-0.1, -0.05) is 18.2 Å². The van der Waals surface area contributed by atoms with Crippen LogP contribution in [0.25, 0.3) is 10.9 Å². The largest absolute Gasteiger partial charge is 0.494 e. The molecule has 0 unspecified atom stereocenters. The molecular weight excluding hydrogens is 385 g/mol. The summed E-state index contributed by atoms with van der Waals surface area (Å²) in [6.45, 7) is 0.292. The van der Waals surface area contributed by atoms with Crippen molar-refractivity contribution in [1.82, 2.24) is 14.5 Å². The zero-order valence-electron chi connectivity index (χ0n) is 17.1. The van der Waals surface area contributed by atoms with Crippen molar-refractivity contribution in [3.63, 3.8) is 0 Å². The lowest BCUT2D eigenvalue weighted by Crippen LogP contribution is -2.29. The van der Waals surface area contributed by atoms with Gasteiger partial charge in [-0.25, -0.2) is 9.37 Å². The van der Waals surface area contributed by atoms with Crippen molar-refractivity contribution in [1.29, 1.82) is 0 Å². The molecular formula is C23H24FN3O3. The molecule has 0 spiro atoms. The third kappa shape index (κ3) is 4.06.